The lowest BCUT2D eigenvalue weighted by Gasteiger charge is -2.40. The van der Waals surface area contributed by atoms with Crippen molar-refractivity contribution in [1.82, 2.24) is 14.4 Å². The Labute approximate surface area is 181 Å². The zero-order chi connectivity index (χ0) is 22.1. The highest BCUT2D eigenvalue weighted by Crippen LogP contribution is 2.25. The molecule has 0 aliphatic carbocycles. The molecule has 31 heavy (non-hydrogen) atoms. The number of benzene rings is 1. The van der Waals surface area contributed by atoms with Crippen molar-refractivity contribution in [3.8, 4) is 5.75 Å². The smallest absolute Gasteiger partial charge is 0.270 e. The molecule has 0 bridgehead atoms. The van der Waals surface area contributed by atoms with Crippen LogP contribution in [0.1, 0.15) is 34.7 Å². The van der Waals surface area contributed by atoms with E-state index >= 15 is 0 Å². The van der Waals surface area contributed by atoms with E-state index in [-0.39, 0.29) is 17.9 Å². The van der Waals surface area contributed by atoms with E-state index in [4.69, 9.17) is 9.15 Å². The molecule has 3 heterocycles. The van der Waals surface area contributed by atoms with Crippen LogP contribution in [0.5, 0.6) is 5.75 Å². The van der Waals surface area contributed by atoms with Crippen molar-refractivity contribution in [3.63, 3.8) is 0 Å². The van der Waals surface area contributed by atoms with Gasteiger partial charge < -0.3 is 23.5 Å². The number of piperazine rings is 1. The van der Waals surface area contributed by atoms with Crippen molar-refractivity contribution in [2.75, 3.05) is 26.7 Å². The Balaban J connectivity index is 1.52. The summed E-state index contributed by atoms with van der Waals surface area (Å²) in [6.45, 7) is 9.79. The van der Waals surface area contributed by atoms with Crippen LogP contribution in [0, 0.1) is 0 Å². The lowest BCUT2D eigenvalue weighted by molar-refractivity contribution is 0.0409. The molecule has 0 saturated carbocycles. The summed E-state index contributed by atoms with van der Waals surface area (Å²) >= 11 is 0. The third-order valence-corrected chi connectivity index (χ3v) is 5.64. The first-order valence-electron chi connectivity index (χ1n) is 10.3. The van der Waals surface area contributed by atoms with Crippen LogP contribution in [0.4, 0.5) is 0 Å². The fourth-order valence-corrected chi connectivity index (χ4v) is 4.11. The summed E-state index contributed by atoms with van der Waals surface area (Å²) in [5.41, 5.74) is 2.77. The number of furan rings is 1. The Bertz CT molecular complexity index is 1140. The predicted octanol–water partition coefficient (Wildman–Crippen LogP) is 3.81. The summed E-state index contributed by atoms with van der Waals surface area (Å²) in [5.74, 6) is 0.532. The first kappa shape index (κ1) is 20.8. The quantitative estimate of drug-likeness (QED) is 0.588. The largest absolute Gasteiger partial charge is 0.497 e. The molecule has 2 aromatic heterocycles. The second-order valence-corrected chi connectivity index (χ2v) is 8.08. The van der Waals surface area contributed by atoms with E-state index in [2.05, 4.69) is 6.58 Å². The lowest BCUT2D eigenvalue weighted by atomic mass is 10.1. The Morgan fingerprint density at radius 3 is 2.71 bits per heavy atom. The summed E-state index contributed by atoms with van der Waals surface area (Å²) in [7, 11) is 1.58. The van der Waals surface area contributed by atoms with Gasteiger partial charge in [0, 0.05) is 43.2 Å². The molecule has 1 aliphatic rings. The standard InChI is InChI=1S/C24H27N3O4/c1-16(2)14-27-21(13-19-8-11-31-24(19)27)23(29)25-9-10-26(17(3)15-25)22(28)18-6-5-7-20(12-18)30-4/h5-8,11-13,17H,1,9-10,14-15H2,2-4H3/t17-/m1/s1. The van der Waals surface area contributed by atoms with Crippen LogP contribution in [0.2, 0.25) is 0 Å². The average molecular weight is 421 g/mol. The van der Waals surface area contributed by atoms with E-state index in [1.165, 1.54) is 0 Å². The number of aromatic nitrogens is 1. The molecule has 1 atom stereocenters. The van der Waals surface area contributed by atoms with E-state index in [0.717, 1.165) is 11.0 Å². The van der Waals surface area contributed by atoms with E-state index in [9.17, 15) is 9.59 Å². The third kappa shape index (κ3) is 3.95. The van der Waals surface area contributed by atoms with E-state index in [1.807, 2.05) is 52.5 Å². The van der Waals surface area contributed by atoms with Gasteiger partial charge in [-0.2, -0.15) is 0 Å². The van der Waals surface area contributed by atoms with Gasteiger partial charge in [-0.15, -0.1) is 0 Å². The fourth-order valence-electron chi connectivity index (χ4n) is 4.11. The fraction of sp³-hybridized carbons (Fsp3) is 0.333. The van der Waals surface area contributed by atoms with Gasteiger partial charge in [-0.3, -0.25) is 9.59 Å². The van der Waals surface area contributed by atoms with Crippen LogP contribution in [-0.4, -0.2) is 59.0 Å². The molecule has 0 N–H and O–H groups in total. The number of hydrogen-bond acceptors (Lipinski definition) is 4. The number of rotatable bonds is 5. The number of amides is 2. The topological polar surface area (TPSA) is 67.9 Å². The molecule has 2 amide bonds. The summed E-state index contributed by atoms with van der Waals surface area (Å²) in [6, 6.07) is 10.8. The van der Waals surface area contributed by atoms with Gasteiger partial charge in [0.1, 0.15) is 11.4 Å². The predicted molar refractivity (Wildman–Crippen MR) is 118 cm³/mol. The average Bonchev–Trinajstić information content (AvgIpc) is 3.35. The Hall–Kier alpha value is -3.48. The molecule has 0 unspecified atom stereocenters. The van der Waals surface area contributed by atoms with Crippen molar-refractivity contribution in [2.24, 2.45) is 0 Å². The van der Waals surface area contributed by atoms with Crippen LogP contribution in [0.25, 0.3) is 11.1 Å². The molecular weight excluding hydrogens is 394 g/mol. The van der Waals surface area contributed by atoms with E-state index in [1.54, 1.807) is 25.5 Å². The summed E-state index contributed by atoms with van der Waals surface area (Å²) in [6.07, 6.45) is 1.62. The summed E-state index contributed by atoms with van der Waals surface area (Å²) < 4.78 is 12.7. The Morgan fingerprint density at radius 2 is 2.00 bits per heavy atom. The van der Waals surface area contributed by atoms with Gasteiger partial charge in [0.2, 0.25) is 5.71 Å². The van der Waals surface area contributed by atoms with Crippen molar-refractivity contribution >= 4 is 22.9 Å². The van der Waals surface area contributed by atoms with Crippen molar-refractivity contribution < 1.29 is 18.7 Å². The number of carbonyl (C=O) groups excluding carboxylic acids is 2. The number of allylic oxidation sites excluding steroid dienone is 1. The highest BCUT2D eigenvalue weighted by Gasteiger charge is 2.32. The Kier molecular flexibility index (Phi) is 5.59. The monoisotopic (exact) mass is 421 g/mol. The molecule has 1 fully saturated rings. The molecule has 0 spiro atoms. The number of nitrogens with zero attached hydrogens (tertiary/aromatic N) is 3. The van der Waals surface area contributed by atoms with Crippen LogP contribution in [0.15, 0.2) is 59.2 Å². The molecule has 3 aromatic rings. The van der Waals surface area contributed by atoms with Crippen molar-refractivity contribution in [1.29, 1.82) is 0 Å². The number of carbonyl (C=O) groups is 2. The normalized spacial score (nSPS) is 16.5. The molecular formula is C24H27N3O4. The highest BCUT2D eigenvalue weighted by atomic mass is 16.5. The maximum Gasteiger partial charge on any atom is 0.270 e. The molecule has 4 rings (SSSR count). The van der Waals surface area contributed by atoms with Gasteiger partial charge in [0.25, 0.3) is 11.8 Å². The number of hydrogen-bond donors (Lipinski definition) is 0. The van der Waals surface area contributed by atoms with Crippen LogP contribution < -0.4 is 4.74 Å². The van der Waals surface area contributed by atoms with Crippen LogP contribution in [-0.2, 0) is 6.54 Å². The van der Waals surface area contributed by atoms with Gasteiger partial charge in [-0.05, 0) is 44.2 Å². The zero-order valence-electron chi connectivity index (χ0n) is 18.1. The number of ether oxygens (including phenoxy) is 1. The van der Waals surface area contributed by atoms with Gasteiger partial charge >= 0.3 is 0 Å². The molecule has 162 valence electrons. The number of fused-ring (bicyclic) bond motifs is 1. The van der Waals surface area contributed by atoms with Crippen molar-refractivity contribution in [2.45, 2.75) is 26.4 Å². The highest BCUT2D eigenvalue weighted by molar-refractivity contribution is 5.98. The SMILES string of the molecule is C=C(C)Cn1c(C(=O)N2CCN(C(=O)c3cccc(OC)c3)[C@H](C)C2)cc2ccoc21. The minimum absolute atomic E-state index is 0.0540. The maximum atomic E-state index is 13.4. The van der Waals surface area contributed by atoms with Crippen LogP contribution in [0.3, 0.4) is 0 Å². The molecule has 1 aromatic carbocycles. The van der Waals surface area contributed by atoms with Gasteiger partial charge in [0.05, 0.1) is 13.4 Å². The molecule has 7 nitrogen and oxygen atoms in total. The second-order valence-electron chi connectivity index (χ2n) is 8.08. The molecule has 0 radical (unpaired) electrons. The minimum atomic E-state index is -0.107. The van der Waals surface area contributed by atoms with Crippen molar-refractivity contribution in [3.05, 3.63) is 66.1 Å². The first-order valence-corrected chi connectivity index (χ1v) is 10.3. The van der Waals surface area contributed by atoms with Gasteiger partial charge in [-0.25, -0.2) is 0 Å². The summed E-state index contributed by atoms with van der Waals surface area (Å²) in [5, 5.41) is 0.893. The molecule has 1 saturated heterocycles. The molecule has 1 aliphatic heterocycles. The van der Waals surface area contributed by atoms with Gasteiger partial charge in [-0.1, -0.05) is 18.2 Å². The van der Waals surface area contributed by atoms with Crippen LogP contribution >= 0.6 is 0 Å². The second kappa shape index (κ2) is 8.34. The van der Waals surface area contributed by atoms with E-state index in [0.29, 0.717) is 48.9 Å². The first-order chi connectivity index (χ1) is 14.9. The minimum Gasteiger partial charge on any atom is -0.497 e. The van der Waals surface area contributed by atoms with E-state index < -0.39 is 0 Å². The number of methoxy groups -OCH3 is 1. The zero-order valence-corrected chi connectivity index (χ0v) is 18.1. The maximum absolute atomic E-state index is 13.4. The third-order valence-electron chi connectivity index (χ3n) is 5.64. The van der Waals surface area contributed by atoms with Gasteiger partial charge in [0.15, 0.2) is 0 Å². The summed E-state index contributed by atoms with van der Waals surface area (Å²) in [4.78, 5) is 30.0. The Morgan fingerprint density at radius 1 is 1.19 bits per heavy atom. The molecule has 7 heteroatoms. The lowest BCUT2D eigenvalue weighted by Crippen LogP contribution is -2.55.